The fraction of sp³-hybridized carbons (Fsp3) is 0.389. The van der Waals surface area contributed by atoms with Crippen LogP contribution in [0.4, 0.5) is 11.8 Å². The average Bonchev–Trinajstić information content (AvgIpc) is 2.89. The largest absolute Gasteiger partial charge is 0.365 e. The van der Waals surface area contributed by atoms with Crippen molar-refractivity contribution in [2.45, 2.75) is 32.7 Å². The lowest BCUT2D eigenvalue weighted by molar-refractivity contribution is 0.631. The molecule has 0 aliphatic rings. The zero-order valence-electron chi connectivity index (χ0n) is 14.7. The van der Waals surface area contributed by atoms with E-state index in [1.54, 1.807) is 10.9 Å². The molecule has 6 nitrogen and oxygen atoms in total. The van der Waals surface area contributed by atoms with Crippen molar-refractivity contribution < 1.29 is 0 Å². The smallest absolute Gasteiger partial charge is 0.226 e. The molecule has 6 heteroatoms. The third-order valence-corrected chi connectivity index (χ3v) is 3.63. The molecule has 0 saturated carbocycles. The summed E-state index contributed by atoms with van der Waals surface area (Å²) in [6, 6.07) is 10.4. The first kappa shape index (κ1) is 16.2. The van der Waals surface area contributed by atoms with E-state index in [-0.39, 0.29) is 5.54 Å². The number of hydrogen-bond donors (Lipinski definition) is 2. The Hall–Kier alpha value is -2.63. The van der Waals surface area contributed by atoms with Gasteiger partial charge in [0.1, 0.15) is 5.82 Å². The van der Waals surface area contributed by atoms with E-state index < -0.39 is 0 Å². The Bertz CT molecular complexity index is 817. The number of aryl methyl sites for hydroxylation is 1. The van der Waals surface area contributed by atoms with Gasteiger partial charge in [-0.25, -0.2) is 0 Å². The van der Waals surface area contributed by atoms with E-state index in [4.69, 9.17) is 0 Å². The van der Waals surface area contributed by atoms with Gasteiger partial charge in [-0.05, 0) is 32.8 Å². The summed E-state index contributed by atoms with van der Waals surface area (Å²) in [5.74, 6) is 1.43. The van der Waals surface area contributed by atoms with Crippen LogP contribution in [0, 0.1) is 0 Å². The fourth-order valence-corrected chi connectivity index (χ4v) is 2.52. The molecule has 0 fully saturated rings. The number of nitrogens with one attached hydrogen (secondary N) is 2. The van der Waals surface area contributed by atoms with E-state index in [2.05, 4.69) is 70.7 Å². The number of aromatic nitrogens is 4. The minimum atomic E-state index is -0.0849. The molecule has 2 N–H and O–H groups in total. The molecule has 126 valence electrons. The van der Waals surface area contributed by atoms with Gasteiger partial charge in [0.2, 0.25) is 5.95 Å². The van der Waals surface area contributed by atoms with Gasteiger partial charge in [-0.15, -0.1) is 0 Å². The van der Waals surface area contributed by atoms with Gasteiger partial charge >= 0.3 is 0 Å². The summed E-state index contributed by atoms with van der Waals surface area (Å²) in [5, 5.41) is 12.0. The van der Waals surface area contributed by atoms with Crippen molar-refractivity contribution in [3.05, 3.63) is 42.1 Å². The molecule has 0 unspecified atom stereocenters. The summed E-state index contributed by atoms with van der Waals surface area (Å²) >= 11 is 0. The Morgan fingerprint density at radius 1 is 1.08 bits per heavy atom. The van der Waals surface area contributed by atoms with Crippen molar-refractivity contribution in [2.24, 2.45) is 7.05 Å². The Morgan fingerprint density at radius 2 is 1.83 bits per heavy atom. The Labute approximate surface area is 142 Å². The fourth-order valence-electron chi connectivity index (χ4n) is 2.52. The molecule has 1 aromatic carbocycles. The number of hydrogen-bond acceptors (Lipinski definition) is 5. The van der Waals surface area contributed by atoms with E-state index in [9.17, 15) is 0 Å². The Balaban J connectivity index is 1.81. The molecule has 3 aromatic rings. The molecular formula is C18H24N6. The number of anilines is 2. The molecule has 0 radical (unpaired) electrons. The highest BCUT2D eigenvalue weighted by atomic mass is 15.3. The summed E-state index contributed by atoms with van der Waals surface area (Å²) in [4.78, 5) is 9.24. The zero-order chi connectivity index (χ0) is 17.2. The molecule has 0 saturated heterocycles. The molecule has 2 aromatic heterocycles. The third-order valence-electron chi connectivity index (χ3n) is 3.63. The molecule has 3 rings (SSSR count). The van der Waals surface area contributed by atoms with E-state index in [1.165, 1.54) is 5.56 Å². The normalized spacial score (nSPS) is 11.7. The number of benzene rings is 1. The summed E-state index contributed by atoms with van der Waals surface area (Å²) in [6.45, 7) is 7.11. The van der Waals surface area contributed by atoms with Crippen molar-refractivity contribution in [3.8, 4) is 0 Å². The monoisotopic (exact) mass is 324 g/mol. The van der Waals surface area contributed by atoms with Gasteiger partial charge in [-0.1, -0.05) is 30.3 Å². The molecular weight excluding hydrogens is 300 g/mol. The Morgan fingerprint density at radius 3 is 2.54 bits per heavy atom. The molecule has 0 spiro atoms. The molecule has 0 bridgehead atoms. The summed E-state index contributed by atoms with van der Waals surface area (Å²) in [6.07, 6.45) is 2.73. The maximum atomic E-state index is 4.64. The van der Waals surface area contributed by atoms with E-state index in [1.807, 2.05) is 13.1 Å². The first-order chi connectivity index (χ1) is 11.4. The minimum Gasteiger partial charge on any atom is -0.365 e. The van der Waals surface area contributed by atoms with Crippen LogP contribution < -0.4 is 10.6 Å². The molecule has 0 atom stereocenters. The zero-order valence-corrected chi connectivity index (χ0v) is 14.7. The highest BCUT2D eigenvalue weighted by Crippen LogP contribution is 2.24. The van der Waals surface area contributed by atoms with Crippen LogP contribution in [0.15, 0.2) is 36.5 Å². The summed E-state index contributed by atoms with van der Waals surface area (Å²) in [7, 11) is 1.89. The molecule has 0 aliphatic heterocycles. The second-order valence-electron chi connectivity index (χ2n) is 6.94. The van der Waals surface area contributed by atoms with Crippen LogP contribution in [0.2, 0.25) is 0 Å². The molecule has 24 heavy (non-hydrogen) atoms. The second-order valence-corrected chi connectivity index (χ2v) is 6.94. The second kappa shape index (κ2) is 6.47. The van der Waals surface area contributed by atoms with Gasteiger partial charge in [-0.2, -0.15) is 15.1 Å². The number of nitrogens with zero attached hydrogens (tertiary/aromatic N) is 4. The van der Waals surface area contributed by atoms with Crippen LogP contribution in [-0.2, 0) is 13.5 Å². The van der Waals surface area contributed by atoms with Crippen molar-refractivity contribution in [3.63, 3.8) is 0 Å². The predicted octanol–water partition coefficient (Wildman–Crippen LogP) is 3.23. The van der Waals surface area contributed by atoms with Crippen LogP contribution in [0.5, 0.6) is 0 Å². The van der Waals surface area contributed by atoms with Crippen LogP contribution >= 0.6 is 0 Å². The lowest BCUT2D eigenvalue weighted by atomic mass is 10.1. The number of rotatable bonds is 5. The first-order valence-electron chi connectivity index (χ1n) is 8.18. The third kappa shape index (κ3) is 3.82. The van der Waals surface area contributed by atoms with Crippen LogP contribution in [0.1, 0.15) is 26.3 Å². The lowest BCUT2D eigenvalue weighted by Crippen LogP contribution is -2.27. The quantitative estimate of drug-likeness (QED) is 0.754. The van der Waals surface area contributed by atoms with Crippen molar-refractivity contribution in [1.29, 1.82) is 0 Å². The SMILES string of the molecule is Cn1ncc2c(NC(C)(C)C)nc(NCCc3ccccc3)nc21. The molecule has 2 heterocycles. The molecule has 0 amide bonds. The van der Waals surface area contributed by atoms with Gasteiger partial charge in [0, 0.05) is 19.1 Å². The predicted molar refractivity (Wildman–Crippen MR) is 98.3 cm³/mol. The van der Waals surface area contributed by atoms with Crippen molar-refractivity contribution in [1.82, 2.24) is 19.7 Å². The van der Waals surface area contributed by atoms with Gasteiger partial charge in [-0.3, -0.25) is 4.68 Å². The summed E-state index contributed by atoms with van der Waals surface area (Å²) < 4.78 is 1.77. The standard InChI is InChI=1S/C18H24N6/c1-18(2,3)23-15-14-12-20-24(4)16(14)22-17(21-15)19-11-10-13-8-6-5-7-9-13/h5-9,12H,10-11H2,1-4H3,(H2,19,21,22,23). The van der Waals surface area contributed by atoms with E-state index in [0.717, 1.165) is 29.8 Å². The average molecular weight is 324 g/mol. The summed E-state index contributed by atoms with van der Waals surface area (Å²) in [5.41, 5.74) is 2.02. The van der Waals surface area contributed by atoms with Crippen molar-refractivity contribution >= 4 is 22.8 Å². The highest BCUT2D eigenvalue weighted by Gasteiger charge is 2.16. The maximum Gasteiger partial charge on any atom is 0.226 e. The number of fused-ring (bicyclic) bond motifs is 1. The molecule has 0 aliphatic carbocycles. The topological polar surface area (TPSA) is 67.7 Å². The van der Waals surface area contributed by atoms with Gasteiger partial charge in [0.25, 0.3) is 0 Å². The maximum absolute atomic E-state index is 4.64. The van der Waals surface area contributed by atoms with Gasteiger partial charge in [0.05, 0.1) is 11.6 Å². The highest BCUT2D eigenvalue weighted by molar-refractivity contribution is 5.87. The minimum absolute atomic E-state index is 0.0849. The van der Waals surface area contributed by atoms with Gasteiger partial charge < -0.3 is 10.6 Å². The Kier molecular flexibility index (Phi) is 4.38. The van der Waals surface area contributed by atoms with Gasteiger partial charge in [0.15, 0.2) is 5.65 Å². The van der Waals surface area contributed by atoms with Crippen LogP contribution in [-0.4, -0.2) is 31.8 Å². The lowest BCUT2D eigenvalue weighted by Gasteiger charge is -2.22. The first-order valence-corrected chi connectivity index (χ1v) is 8.18. The van der Waals surface area contributed by atoms with E-state index in [0.29, 0.717) is 5.95 Å². The van der Waals surface area contributed by atoms with E-state index >= 15 is 0 Å². The van der Waals surface area contributed by atoms with Crippen molar-refractivity contribution in [2.75, 3.05) is 17.2 Å². The van der Waals surface area contributed by atoms with Crippen LogP contribution in [0.25, 0.3) is 11.0 Å². The van der Waals surface area contributed by atoms with Crippen LogP contribution in [0.3, 0.4) is 0 Å².